The van der Waals surface area contributed by atoms with Crippen molar-refractivity contribution < 1.29 is 9.47 Å². The van der Waals surface area contributed by atoms with Crippen LogP contribution in [0.25, 0.3) is 0 Å². The molecule has 0 aromatic heterocycles. The zero-order valence-electron chi connectivity index (χ0n) is 11.1. The molecule has 0 radical (unpaired) electrons. The number of nitrogens with one attached hydrogen (secondary N) is 2. The second kappa shape index (κ2) is 6.33. The second-order valence-corrected chi connectivity index (χ2v) is 5.11. The Labute approximate surface area is 104 Å². The molecule has 1 heterocycles. The van der Waals surface area contributed by atoms with E-state index in [4.69, 9.17) is 20.6 Å². The molecule has 17 heavy (non-hydrogen) atoms. The van der Waals surface area contributed by atoms with E-state index in [-0.39, 0.29) is 12.3 Å². The van der Waals surface area contributed by atoms with Gasteiger partial charge in [0, 0.05) is 0 Å². The van der Waals surface area contributed by atoms with Crippen molar-refractivity contribution in [3.05, 3.63) is 0 Å². The van der Waals surface area contributed by atoms with Gasteiger partial charge in [-0.25, -0.2) is 0 Å². The molecule has 2 atom stereocenters. The zero-order valence-corrected chi connectivity index (χ0v) is 11.1. The summed E-state index contributed by atoms with van der Waals surface area (Å²) in [5.41, 5.74) is 5.80. The van der Waals surface area contributed by atoms with Gasteiger partial charge in [0.1, 0.15) is 0 Å². The average molecular weight is 243 g/mol. The molecule has 0 spiro atoms. The highest BCUT2D eigenvalue weighted by Crippen LogP contribution is 2.25. The molecule has 1 rings (SSSR count). The van der Waals surface area contributed by atoms with Crippen molar-refractivity contribution in [1.29, 1.82) is 5.41 Å². The van der Waals surface area contributed by atoms with Crippen molar-refractivity contribution in [3.8, 4) is 0 Å². The molecule has 4 N–H and O–H groups in total. The molecule has 0 aromatic rings. The largest absolute Gasteiger partial charge is 0.359 e. The second-order valence-electron chi connectivity index (χ2n) is 5.11. The van der Waals surface area contributed by atoms with Crippen LogP contribution in [0.1, 0.15) is 46.5 Å². The Kier molecular flexibility index (Phi) is 5.36. The van der Waals surface area contributed by atoms with E-state index in [1.807, 2.05) is 13.8 Å². The van der Waals surface area contributed by atoms with Gasteiger partial charge in [-0.3, -0.25) is 5.41 Å². The van der Waals surface area contributed by atoms with Gasteiger partial charge < -0.3 is 20.5 Å². The molecule has 2 unspecified atom stereocenters. The molecule has 0 amide bonds. The lowest BCUT2D eigenvalue weighted by Gasteiger charge is -2.17. The van der Waals surface area contributed by atoms with Crippen LogP contribution in [-0.4, -0.2) is 30.5 Å². The number of hydrogen-bond acceptors (Lipinski definition) is 4. The number of hydrogen-bond donors (Lipinski definition) is 3. The Morgan fingerprint density at radius 2 is 2.24 bits per heavy atom. The summed E-state index contributed by atoms with van der Waals surface area (Å²) in [6.45, 7) is 6.28. The number of amidine groups is 1. The van der Waals surface area contributed by atoms with Crippen LogP contribution in [-0.2, 0) is 9.47 Å². The van der Waals surface area contributed by atoms with Crippen molar-refractivity contribution in [3.63, 3.8) is 0 Å². The average Bonchev–Trinajstić information content (AvgIpc) is 2.52. The highest BCUT2D eigenvalue weighted by molar-refractivity contribution is 5.76. The highest BCUT2D eigenvalue weighted by Gasteiger charge is 2.31. The first-order valence-electron chi connectivity index (χ1n) is 6.28. The van der Waals surface area contributed by atoms with Gasteiger partial charge in [-0.05, 0) is 40.0 Å². The third-order valence-electron chi connectivity index (χ3n) is 2.76. The smallest absolute Gasteiger partial charge is 0.163 e. The van der Waals surface area contributed by atoms with Crippen LogP contribution in [0.3, 0.4) is 0 Å². The fourth-order valence-electron chi connectivity index (χ4n) is 1.99. The van der Waals surface area contributed by atoms with E-state index in [0.29, 0.717) is 12.4 Å². The lowest BCUT2D eigenvalue weighted by molar-refractivity contribution is -0.139. The molecule has 1 saturated heterocycles. The van der Waals surface area contributed by atoms with E-state index in [2.05, 4.69) is 5.32 Å². The summed E-state index contributed by atoms with van der Waals surface area (Å²) in [7, 11) is 0. The lowest BCUT2D eigenvalue weighted by Crippen LogP contribution is -2.39. The molecule has 0 aromatic carbocycles. The maximum atomic E-state index is 7.26. The van der Waals surface area contributed by atoms with Gasteiger partial charge >= 0.3 is 0 Å². The SMILES string of the molecule is CC(=N)NC(N)CCCCC1COC(C)(C)O1. The fourth-order valence-corrected chi connectivity index (χ4v) is 1.99. The molecule has 0 aliphatic carbocycles. The topological polar surface area (TPSA) is 80.4 Å². The summed E-state index contributed by atoms with van der Waals surface area (Å²) < 4.78 is 11.2. The Balaban J connectivity index is 2.03. The molecule has 0 bridgehead atoms. The van der Waals surface area contributed by atoms with Gasteiger partial charge in [-0.2, -0.15) is 0 Å². The summed E-state index contributed by atoms with van der Waals surface area (Å²) >= 11 is 0. The zero-order chi connectivity index (χ0) is 12.9. The van der Waals surface area contributed by atoms with E-state index in [1.165, 1.54) is 0 Å². The molecule has 1 aliphatic heterocycles. The molecule has 5 nitrogen and oxygen atoms in total. The van der Waals surface area contributed by atoms with E-state index >= 15 is 0 Å². The normalized spacial score (nSPS) is 24.6. The maximum Gasteiger partial charge on any atom is 0.163 e. The van der Waals surface area contributed by atoms with E-state index in [9.17, 15) is 0 Å². The minimum Gasteiger partial charge on any atom is -0.359 e. The van der Waals surface area contributed by atoms with Crippen LogP contribution < -0.4 is 11.1 Å². The minimum absolute atomic E-state index is 0.107. The van der Waals surface area contributed by atoms with Gasteiger partial charge in [0.25, 0.3) is 0 Å². The van der Waals surface area contributed by atoms with Gasteiger partial charge in [0.15, 0.2) is 5.79 Å². The Morgan fingerprint density at radius 1 is 1.53 bits per heavy atom. The number of rotatable bonds is 6. The van der Waals surface area contributed by atoms with Gasteiger partial charge in [-0.15, -0.1) is 0 Å². The van der Waals surface area contributed by atoms with Crippen molar-refractivity contribution in [1.82, 2.24) is 5.32 Å². The number of ether oxygens (including phenoxy) is 2. The molecule has 1 fully saturated rings. The van der Waals surface area contributed by atoms with Crippen molar-refractivity contribution in [2.75, 3.05) is 6.61 Å². The molecular formula is C12H25N3O2. The van der Waals surface area contributed by atoms with Crippen LogP contribution in [0.5, 0.6) is 0 Å². The van der Waals surface area contributed by atoms with Crippen LogP contribution in [0.15, 0.2) is 0 Å². The Morgan fingerprint density at radius 3 is 2.76 bits per heavy atom. The van der Waals surface area contributed by atoms with Crippen molar-refractivity contribution in [2.45, 2.75) is 64.5 Å². The van der Waals surface area contributed by atoms with Crippen LogP contribution in [0.2, 0.25) is 0 Å². The molecule has 5 heteroatoms. The molecule has 1 aliphatic rings. The van der Waals surface area contributed by atoms with Crippen LogP contribution in [0, 0.1) is 5.41 Å². The van der Waals surface area contributed by atoms with Gasteiger partial charge in [0.2, 0.25) is 0 Å². The Hall–Kier alpha value is -0.650. The fraction of sp³-hybridized carbons (Fsp3) is 0.917. The van der Waals surface area contributed by atoms with Crippen molar-refractivity contribution in [2.24, 2.45) is 5.73 Å². The predicted molar refractivity (Wildman–Crippen MR) is 67.9 cm³/mol. The van der Waals surface area contributed by atoms with E-state index in [1.54, 1.807) is 6.92 Å². The van der Waals surface area contributed by atoms with Crippen molar-refractivity contribution >= 4 is 5.84 Å². The summed E-state index contributed by atoms with van der Waals surface area (Å²) in [6.07, 6.45) is 4.13. The third kappa shape index (κ3) is 6.00. The van der Waals surface area contributed by atoms with E-state index in [0.717, 1.165) is 25.7 Å². The summed E-state index contributed by atoms with van der Waals surface area (Å²) in [5, 5.41) is 10.1. The standard InChI is InChI=1S/C12H25N3O2/c1-9(13)15-11(14)7-5-4-6-10-8-16-12(2,3)17-10/h10-11H,4-8,14H2,1-3H3,(H2,13,15). The third-order valence-corrected chi connectivity index (χ3v) is 2.76. The molecular weight excluding hydrogens is 218 g/mol. The summed E-state index contributed by atoms with van der Waals surface area (Å²) in [4.78, 5) is 0. The summed E-state index contributed by atoms with van der Waals surface area (Å²) in [6, 6.07) is 0. The van der Waals surface area contributed by atoms with Crippen LogP contribution >= 0.6 is 0 Å². The first kappa shape index (κ1) is 14.4. The number of unbranched alkanes of at least 4 members (excludes halogenated alkanes) is 1. The van der Waals surface area contributed by atoms with Gasteiger partial charge in [-0.1, -0.05) is 6.42 Å². The maximum absolute atomic E-state index is 7.26. The quantitative estimate of drug-likeness (QED) is 0.286. The monoisotopic (exact) mass is 243 g/mol. The van der Waals surface area contributed by atoms with E-state index < -0.39 is 5.79 Å². The molecule has 100 valence electrons. The first-order chi connectivity index (χ1) is 7.89. The van der Waals surface area contributed by atoms with Crippen LogP contribution in [0.4, 0.5) is 0 Å². The lowest BCUT2D eigenvalue weighted by atomic mass is 10.1. The minimum atomic E-state index is -0.417. The molecule has 0 saturated carbocycles. The number of nitrogens with two attached hydrogens (primary N) is 1. The summed E-state index contributed by atoms with van der Waals surface area (Å²) in [5.74, 6) is 0.00619. The predicted octanol–water partition coefficient (Wildman–Crippen LogP) is 1.57. The van der Waals surface area contributed by atoms with Gasteiger partial charge in [0.05, 0.1) is 24.7 Å². The first-order valence-corrected chi connectivity index (χ1v) is 6.28. The Bertz CT molecular complexity index is 256. The highest BCUT2D eigenvalue weighted by atomic mass is 16.7.